The van der Waals surface area contributed by atoms with Crippen molar-refractivity contribution in [1.82, 2.24) is 10.3 Å². The number of amides is 1. The highest BCUT2D eigenvalue weighted by atomic mass is 28.4. The minimum absolute atomic E-state index is 0.0435. The molecule has 0 saturated carbocycles. The average Bonchev–Trinajstić information content (AvgIpc) is 2.35. The van der Waals surface area contributed by atoms with Crippen LogP contribution in [0.15, 0.2) is 24.4 Å². The summed E-state index contributed by atoms with van der Waals surface area (Å²) in [7, 11) is -2.02. The lowest BCUT2D eigenvalue weighted by atomic mass is 9.84. The fourth-order valence-corrected chi connectivity index (χ4v) is 3.73. The minimum atomic E-state index is -2.02. The summed E-state index contributed by atoms with van der Waals surface area (Å²) < 4.78 is 6.39. The Balaban J connectivity index is 2.27. The zero-order valence-electron chi connectivity index (χ0n) is 13.2. The molecular weight excluding hydrogens is 268 g/mol. The summed E-state index contributed by atoms with van der Waals surface area (Å²) in [5.74, 6) is -0.0435. The normalized spacial score (nSPS) is 26.9. The van der Waals surface area contributed by atoms with Crippen LogP contribution in [0.2, 0.25) is 18.1 Å². The third-order valence-electron chi connectivity index (χ3n) is 4.53. The molecule has 2 atom stereocenters. The van der Waals surface area contributed by atoms with E-state index in [1.165, 1.54) is 0 Å². The Hall–Kier alpha value is -1.20. The van der Waals surface area contributed by atoms with Crippen LogP contribution < -0.4 is 5.32 Å². The Morgan fingerprint density at radius 2 is 2.00 bits per heavy atom. The molecule has 1 aliphatic rings. The van der Waals surface area contributed by atoms with Crippen molar-refractivity contribution in [3.8, 4) is 0 Å². The molecule has 0 radical (unpaired) electrons. The summed E-state index contributed by atoms with van der Waals surface area (Å²) in [6.45, 7) is 12.7. The van der Waals surface area contributed by atoms with Gasteiger partial charge in [-0.05, 0) is 37.2 Å². The standard InChI is InChI=1S/C15H24N2O2Si/c1-14(2,3)20(5,6)19-15(4)12(17-13(15)18)11-9-7-8-10-16-11/h7-10,12H,1-6H3,(H,17,18)/t12-,15+/m0/s1. The van der Waals surface area contributed by atoms with Gasteiger partial charge in [0, 0.05) is 6.20 Å². The molecule has 0 spiro atoms. The molecule has 1 amide bonds. The van der Waals surface area contributed by atoms with E-state index >= 15 is 0 Å². The second-order valence-corrected chi connectivity index (χ2v) is 11.9. The molecule has 0 unspecified atom stereocenters. The van der Waals surface area contributed by atoms with E-state index in [9.17, 15) is 4.79 Å². The zero-order valence-corrected chi connectivity index (χ0v) is 14.2. The smallest absolute Gasteiger partial charge is 0.254 e. The SMILES string of the molecule is CC(C)(C)[Si](C)(C)O[C@@]1(C)C(=O)N[C@H]1c1ccccn1. The minimum Gasteiger partial charge on any atom is -0.401 e. The first-order valence-corrected chi connectivity index (χ1v) is 9.91. The molecule has 1 fully saturated rings. The molecule has 0 aliphatic carbocycles. The van der Waals surface area contributed by atoms with Crippen molar-refractivity contribution >= 4 is 14.2 Å². The highest BCUT2D eigenvalue weighted by molar-refractivity contribution is 6.74. The number of carbonyl (C=O) groups excluding carboxylic acids is 1. The van der Waals surface area contributed by atoms with Crippen molar-refractivity contribution < 1.29 is 9.22 Å². The molecule has 20 heavy (non-hydrogen) atoms. The number of hydrogen-bond donors (Lipinski definition) is 1. The molecular formula is C15H24N2O2Si. The van der Waals surface area contributed by atoms with Gasteiger partial charge in [0.25, 0.3) is 5.91 Å². The Labute approximate surface area is 122 Å². The first-order valence-electron chi connectivity index (χ1n) is 7.00. The lowest BCUT2D eigenvalue weighted by molar-refractivity contribution is -0.156. The quantitative estimate of drug-likeness (QED) is 0.688. The molecule has 2 heterocycles. The second-order valence-electron chi connectivity index (χ2n) is 7.13. The van der Waals surface area contributed by atoms with E-state index in [2.05, 4.69) is 44.2 Å². The number of rotatable bonds is 3. The van der Waals surface area contributed by atoms with Crippen molar-refractivity contribution in [2.75, 3.05) is 0 Å². The van der Waals surface area contributed by atoms with Crippen LogP contribution in [-0.2, 0) is 9.22 Å². The molecule has 1 aliphatic heterocycles. The van der Waals surface area contributed by atoms with Crippen molar-refractivity contribution in [2.45, 2.75) is 57.5 Å². The fraction of sp³-hybridized carbons (Fsp3) is 0.600. The van der Waals surface area contributed by atoms with Gasteiger partial charge in [-0.25, -0.2) is 0 Å². The predicted octanol–water partition coefficient (Wildman–Crippen LogP) is 3.03. The molecule has 4 nitrogen and oxygen atoms in total. The van der Waals surface area contributed by atoms with Crippen molar-refractivity contribution in [1.29, 1.82) is 0 Å². The molecule has 1 N–H and O–H groups in total. The van der Waals surface area contributed by atoms with Crippen molar-refractivity contribution in [3.63, 3.8) is 0 Å². The summed E-state index contributed by atoms with van der Waals surface area (Å²) in [6, 6.07) is 5.57. The van der Waals surface area contributed by atoms with Gasteiger partial charge in [-0.1, -0.05) is 26.8 Å². The van der Waals surface area contributed by atoms with Crippen molar-refractivity contribution in [2.24, 2.45) is 0 Å². The maximum absolute atomic E-state index is 12.1. The first-order chi connectivity index (χ1) is 9.08. The van der Waals surface area contributed by atoms with E-state index in [4.69, 9.17) is 4.43 Å². The van der Waals surface area contributed by atoms with Gasteiger partial charge in [-0.3, -0.25) is 9.78 Å². The second kappa shape index (κ2) is 4.67. The van der Waals surface area contributed by atoms with Crippen LogP contribution in [0.4, 0.5) is 0 Å². The molecule has 110 valence electrons. The molecule has 1 saturated heterocycles. The number of β-lactam (4-membered cyclic amide) rings is 1. The van der Waals surface area contributed by atoms with Gasteiger partial charge in [-0.2, -0.15) is 0 Å². The lowest BCUT2D eigenvalue weighted by Crippen LogP contribution is -2.69. The molecule has 1 aromatic rings. The van der Waals surface area contributed by atoms with E-state index in [0.717, 1.165) is 5.69 Å². The third kappa shape index (κ3) is 2.40. The van der Waals surface area contributed by atoms with E-state index in [1.54, 1.807) is 6.20 Å². The number of nitrogens with one attached hydrogen (secondary N) is 1. The number of hydrogen-bond acceptors (Lipinski definition) is 3. The van der Waals surface area contributed by atoms with Crippen LogP contribution in [0.1, 0.15) is 39.4 Å². The van der Waals surface area contributed by atoms with Gasteiger partial charge in [0.2, 0.25) is 0 Å². The summed E-state index contributed by atoms with van der Waals surface area (Å²) in [4.78, 5) is 16.4. The largest absolute Gasteiger partial charge is 0.401 e. The van der Waals surface area contributed by atoms with Crippen LogP contribution in [0.25, 0.3) is 0 Å². The molecule has 2 rings (SSSR count). The molecule has 5 heteroatoms. The topological polar surface area (TPSA) is 51.2 Å². The highest BCUT2D eigenvalue weighted by Gasteiger charge is 2.57. The van der Waals surface area contributed by atoms with E-state index in [-0.39, 0.29) is 17.0 Å². The summed E-state index contributed by atoms with van der Waals surface area (Å²) in [6.07, 6.45) is 1.74. The Kier molecular flexibility index (Phi) is 3.55. The number of carbonyl (C=O) groups is 1. The zero-order chi connectivity index (χ0) is 15.2. The van der Waals surface area contributed by atoms with Crippen LogP contribution in [0.5, 0.6) is 0 Å². The van der Waals surface area contributed by atoms with Crippen LogP contribution in [0.3, 0.4) is 0 Å². The monoisotopic (exact) mass is 292 g/mol. The number of nitrogens with zero attached hydrogens (tertiary/aromatic N) is 1. The van der Waals surface area contributed by atoms with Crippen LogP contribution in [-0.4, -0.2) is 24.8 Å². The maximum Gasteiger partial charge on any atom is 0.254 e. The molecule has 0 bridgehead atoms. The Morgan fingerprint density at radius 3 is 2.45 bits per heavy atom. The van der Waals surface area contributed by atoms with E-state index < -0.39 is 13.9 Å². The van der Waals surface area contributed by atoms with Crippen molar-refractivity contribution in [3.05, 3.63) is 30.1 Å². The number of pyridine rings is 1. The Bertz CT molecular complexity index is 510. The summed E-state index contributed by atoms with van der Waals surface area (Å²) >= 11 is 0. The van der Waals surface area contributed by atoms with E-state index in [0.29, 0.717) is 0 Å². The van der Waals surface area contributed by atoms with Gasteiger partial charge in [0.05, 0.1) is 5.69 Å². The number of aromatic nitrogens is 1. The predicted molar refractivity (Wildman–Crippen MR) is 81.8 cm³/mol. The van der Waals surface area contributed by atoms with Gasteiger partial charge < -0.3 is 9.74 Å². The Morgan fingerprint density at radius 1 is 1.35 bits per heavy atom. The highest BCUT2D eigenvalue weighted by Crippen LogP contribution is 2.45. The van der Waals surface area contributed by atoms with Gasteiger partial charge in [-0.15, -0.1) is 0 Å². The maximum atomic E-state index is 12.1. The van der Waals surface area contributed by atoms with Gasteiger partial charge in [0.1, 0.15) is 6.04 Å². The van der Waals surface area contributed by atoms with Crippen LogP contribution in [0, 0.1) is 0 Å². The third-order valence-corrected chi connectivity index (χ3v) is 9.08. The summed E-state index contributed by atoms with van der Waals surface area (Å²) in [5, 5.41) is 2.99. The van der Waals surface area contributed by atoms with Crippen LogP contribution >= 0.6 is 0 Å². The summed E-state index contributed by atoms with van der Waals surface area (Å²) in [5.41, 5.74) is 0.0467. The molecule has 1 aromatic heterocycles. The fourth-order valence-electron chi connectivity index (χ4n) is 2.16. The molecule has 0 aromatic carbocycles. The van der Waals surface area contributed by atoms with E-state index in [1.807, 2.05) is 25.1 Å². The first kappa shape index (κ1) is 15.2. The lowest BCUT2D eigenvalue weighted by Gasteiger charge is -2.51. The van der Waals surface area contributed by atoms with Gasteiger partial charge in [0.15, 0.2) is 13.9 Å². The van der Waals surface area contributed by atoms with Gasteiger partial charge >= 0.3 is 0 Å². The average molecular weight is 292 g/mol.